The van der Waals surface area contributed by atoms with Gasteiger partial charge in [-0.2, -0.15) is 0 Å². The van der Waals surface area contributed by atoms with Gasteiger partial charge in [0, 0.05) is 36.2 Å². The topological polar surface area (TPSA) is 41.6 Å². The summed E-state index contributed by atoms with van der Waals surface area (Å²) in [6.07, 6.45) is 0.0967. The van der Waals surface area contributed by atoms with E-state index in [4.69, 9.17) is 4.74 Å². The minimum Gasteiger partial charge on any atom is -0.491 e. The normalized spacial score (nSPS) is 23.4. The van der Waals surface area contributed by atoms with Crippen LogP contribution in [0.1, 0.15) is 24.2 Å². The number of carbonyl (C=O) groups is 1. The van der Waals surface area contributed by atoms with E-state index in [2.05, 4.69) is 21.2 Å². The zero-order valence-corrected chi connectivity index (χ0v) is 15.2. The van der Waals surface area contributed by atoms with Crippen molar-refractivity contribution < 1.29 is 9.53 Å². The van der Waals surface area contributed by atoms with Gasteiger partial charge in [-0.3, -0.25) is 4.79 Å². The Labute approximate surface area is 146 Å². The van der Waals surface area contributed by atoms with Crippen molar-refractivity contribution in [3.63, 3.8) is 0 Å². The molecule has 0 aromatic heterocycles. The molecule has 2 atom stereocenters. The lowest BCUT2D eigenvalue weighted by molar-refractivity contribution is 0.0781. The minimum atomic E-state index is 0. The molecule has 2 aliphatic heterocycles. The Morgan fingerprint density at radius 3 is 2.50 bits per heavy atom. The lowest BCUT2D eigenvalue weighted by Crippen LogP contribution is -2.31. The number of amides is 1. The highest BCUT2D eigenvalue weighted by Gasteiger charge is 2.38. The Hall–Kier alpha value is -0.780. The van der Waals surface area contributed by atoms with Gasteiger partial charge in [0.1, 0.15) is 5.75 Å². The summed E-state index contributed by atoms with van der Waals surface area (Å²) in [5.74, 6) is 2.09. The van der Waals surface area contributed by atoms with Crippen LogP contribution >= 0.6 is 28.3 Å². The van der Waals surface area contributed by atoms with Crippen LogP contribution in [0, 0.1) is 11.8 Å². The second kappa shape index (κ2) is 7.20. The van der Waals surface area contributed by atoms with Gasteiger partial charge in [0.15, 0.2) is 0 Å². The zero-order chi connectivity index (χ0) is 15.0. The average molecular weight is 390 g/mol. The molecular formula is C16H22BrClN2O2. The molecule has 4 nitrogen and oxygen atoms in total. The standard InChI is InChI=1S/C16H21BrN2O2.ClH/c1-10(2)21-15-4-11(3-14(17)5-15)16(20)19-8-12-6-18-7-13(12)9-19;/h3-5,10,12-13,18H,6-9H2,1-2H3;1H/t12-,13+;. The van der Waals surface area contributed by atoms with Crippen LogP contribution in [0.5, 0.6) is 5.75 Å². The Morgan fingerprint density at radius 2 is 1.91 bits per heavy atom. The number of nitrogens with zero attached hydrogens (tertiary/aromatic N) is 1. The molecule has 0 spiro atoms. The summed E-state index contributed by atoms with van der Waals surface area (Å²) in [4.78, 5) is 14.7. The van der Waals surface area contributed by atoms with Gasteiger partial charge < -0.3 is 15.0 Å². The maximum atomic E-state index is 12.7. The third-order valence-electron chi connectivity index (χ3n) is 4.17. The van der Waals surface area contributed by atoms with Gasteiger partial charge in [0.2, 0.25) is 0 Å². The van der Waals surface area contributed by atoms with Crippen molar-refractivity contribution in [1.29, 1.82) is 0 Å². The van der Waals surface area contributed by atoms with E-state index in [-0.39, 0.29) is 24.4 Å². The number of carbonyl (C=O) groups excluding carboxylic acids is 1. The molecule has 0 bridgehead atoms. The van der Waals surface area contributed by atoms with E-state index in [1.807, 2.05) is 36.9 Å². The van der Waals surface area contributed by atoms with Crippen molar-refractivity contribution in [2.75, 3.05) is 26.2 Å². The Kier molecular flexibility index (Phi) is 5.75. The first-order valence-corrected chi connectivity index (χ1v) is 8.29. The fourth-order valence-electron chi connectivity index (χ4n) is 3.23. The van der Waals surface area contributed by atoms with Crippen LogP contribution in [0.3, 0.4) is 0 Å². The Balaban J connectivity index is 0.00000176. The van der Waals surface area contributed by atoms with Crippen molar-refractivity contribution in [1.82, 2.24) is 10.2 Å². The molecule has 1 aromatic carbocycles. The fourth-order valence-corrected chi connectivity index (χ4v) is 3.70. The maximum Gasteiger partial charge on any atom is 0.254 e. The number of rotatable bonds is 3. The number of benzene rings is 1. The largest absolute Gasteiger partial charge is 0.491 e. The van der Waals surface area contributed by atoms with Crippen LogP contribution in [-0.2, 0) is 0 Å². The Bertz CT molecular complexity index is 541. The summed E-state index contributed by atoms with van der Waals surface area (Å²) in [5, 5.41) is 3.40. The molecule has 6 heteroatoms. The van der Waals surface area contributed by atoms with Gasteiger partial charge >= 0.3 is 0 Å². The van der Waals surface area contributed by atoms with Crippen molar-refractivity contribution in [2.24, 2.45) is 11.8 Å². The van der Waals surface area contributed by atoms with E-state index in [9.17, 15) is 4.79 Å². The number of hydrogen-bond acceptors (Lipinski definition) is 3. The summed E-state index contributed by atoms with van der Waals surface area (Å²) >= 11 is 3.47. The van der Waals surface area contributed by atoms with E-state index in [1.54, 1.807) is 0 Å². The molecule has 0 unspecified atom stereocenters. The molecule has 22 heavy (non-hydrogen) atoms. The Morgan fingerprint density at radius 1 is 1.27 bits per heavy atom. The predicted octanol–water partition coefficient (Wildman–Crippen LogP) is 2.95. The smallest absolute Gasteiger partial charge is 0.254 e. The molecule has 2 fully saturated rings. The van der Waals surface area contributed by atoms with Crippen LogP contribution < -0.4 is 10.1 Å². The van der Waals surface area contributed by atoms with Gasteiger partial charge in [0.05, 0.1) is 6.10 Å². The molecule has 0 aliphatic carbocycles. The van der Waals surface area contributed by atoms with Gasteiger partial charge in [-0.25, -0.2) is 0 Å². The zero-order valence-electron chi connectivity index (χ0n) is 12.8. The van der Waals surface area contributed by atoms with Crippen molar-refractivity contribution in [3.05, 3.63) is 28.2 Å². The molecule has 1 amide bonds. The summed E-state index contributed by atoms with van der Waals surface area (Å²) < 4.78 is 6.59. The molecule has 1 N–H and O–H groups in total. The van der Waals surface area contributed by atoms with E-state index >= 15 is 0 Å². The highest BCUT2D eigenvalue weighted by molar-refractivity contribution is 9.10. The van der Waals surface area contributed by atoms with Crippen LogP contribution in [0.2, 0.25) is 0 Å². The first kappa shape index (κ1) is 17.6. The van der Waals surface area contributed by atoms with Crippen LogP contribution in [-0.4, -0.2) is 43.1 Å². The number of nitrogens with one attached hydrogen (secondary N) is 1. The summed E-state index contributed by atoms with van der Waals surface area (Å²) in [6.45, 7) is 7.77. The first-order valence-electron chi connectivity index (χ1n) is 7.50. The van der Waals surface area contributed by atoms with Crippen molar-refractivity contribution in [2.45, 2.75) is 20.0 Å². The number of fused-ring (bicyclic) bond motifs is 1. The van der Waals surface area contributed by atoms with Gasteiger partial charge in [-0.05, 0) is 43.9 Å². The third-order valence-corrected chi connectivity index (χ3v) is 4.62. The predicted molar refractivity (Wildman–Crippen MR) is 92.9 cm³/mol. The van der Waals surface area contributed by atoms with E-state index in [0.29, 0.717) is 17.4 Å². The monoisotopic (exact) mass is 388 g/mol. The minimum absolute atomic E-state index is 0. The number of ether oxygens (including phenoxy) is 1. The highest BCUT2D eigenvalue weighted by Crippen LogP contribution is 2.29. The molecule has 0 saturated carbocycles. The van der Waals surface area contributed by atoms with E-state index < -0.39 is 0 Å². The second-order valence-corrected chi connectivity index (χ2v) is 7.15. The molecule has 2 heterocycles. The molecule has 122 valence electrons. The summed E-state index contributed by atoms with van der Waals surface area (Å²) in [7, 11) is 0. The summed E-state index contributed by atoms with van der Waals surface area (Å²) in [5.41, 5.74) is 0.702. The van der Waals surface area contributed by atoms with Crippen LogP contribution in [0.4, 0.5) is 0 Å². The molecule has 0 radical (unpaired) electrons. The number of halogens is 2. The maximum absolute atomic E-state index is 12.7. The lowest BCUT2D eigenvalue weighted by Gasteiger charge is -2.19. The summed E-state index contributed by atoms with van der Waals surface area (Å²) in [6, 6.07) is 5.63. The SMILES string of the molecule is CC(C)Oc1cc(Br)cc(C(=O)N2C[C@H]3CNC[C@H]3C2)c1.Cl. The number of hydrogen-bond donors (Lipinski definition) is 1. The lowest BCUT2D eigenvalue weighted by atomic mass is 10.0. The molecule has 2 aliphatic rings. The van der Waals surface area contributed by atoms with Crippen molar-refractivity contribution in [3.8, 4) is 5.75 Å². The van der Waals surface area contributed by atoms with Crippen molar-refractivity contribution >= 4 is 34.2 Å². The second-order valence-electron chi connectivity index (χ2n) is 6.23. The van der Waals surface area contributed by atoms with Gasteiger partial charge in [0.25, 0.3) is 5.91 Å². The molecule has 2 saturated heterocycles. The number of likely N-dealkylation sites (tertiary alicyclic amines) is 1. The van der Waals surface area contributed by atoms with Crippen LogP contribution in [0.25, 0.3) is 0 Å². The molecule has 3 rings (SSSR count). The quantitative estimate of drug-likeness (QED) is 0.864. The first-order chi connectivity index (χ1) is 10.0. The highest BCUT2D eigenvalue weighted by atomic mass is 79.9. The van der Waals surface area contributed by atoms with E-state index in [1.165, 1.54) is 0 Å². The van der Waals surface area contributed by atoms with Gasteiger partial charge in [-0.1, -0.05) is 15.9 Å². The fraction of sp³-hybridized carbons (Fsp3) is 0.562. The molecule has 1 aromatic rings. The van der Waals surface area contributed by atoms with E-state index in [0.717, 1.165) is 36.4 Å². The molecular weight excluding hydrogens is 368 g/mol. The van der Waals surface area contributed by atoms with Crippen LogP contribution in [0.15, 0.2) is 22.7 Å². The third kappa shape index (κ3) is 3.76. The average Bonchev–Trinajstić information content (AvgIpc) is 2.96. The van der Waals surface area contributed by atoms with Gasteiger partial charge in [-0.15, -0.1) is 12.4 Å².